The van der Waals surface area contributed by atoms with Crippen molar-refractivity contribution in [2.75, 3.05) is 13.2 Å². The Morgan fingerprint density at radius 2 is 1.85 bits per heavy atom. The molecule has 0 bridgehead atoms. The summed E-state index contributed by atoms with van der Waals surface area (Å²) in [5.74, 6) is 1.20. The summed E-state index contributed by atoms with van der Waals surface area (Å²) >= 11 is 12.8. The molecule has 0 amide bonds. The maximum Gasteiger partial charge on any atom is 0.145 e. The second-order valence-corrected chi connectivity index (χ2v) is 8.07. The van der Waals surface area contributed by atoms with Gasteiger partial charge in [0.15, 0.2) is 0 Å². The van der Waals surface area contributed by atoms with Gasteiger partial charge in [0.2, 0.25) is 0 Å². The Morgan fingerprint density at radius 1 is 1.11 bits per heavy atom. The summed E-state index contributed by atoms with van der Waals surface area (Å²) in [4.78, 5) is 0. The minimum atomic E-state index is -0.598. The van der Waals surface area contributed by atoms with Crippen LogP contribution in [0.5, 0.6) is 0 Å². The van der Waals surface area contributed by atoms with Gasteiger partial charge in [-0.1, -0.05) is 34.4 Å². The Kier molecular flexibility index (Phi) is 4.66. The van der Waals surface area contributed by atoms with E-state index in [0.29, 0.717) is 40.4 Å². The number of halogens is 2. The number of hydrogen-bond donors (Lipinski definition) is 1. The zero-order chi connectivity index (χ0) is 18.5. The number of benzene rings is 1. The van der Waals surface area contributed by atoms with Crippen LogP contribution in [0, 0.1) is 0 Å². The van der Waals surface area contributed by atoms with E-state index in [9.17, 15) is 5.11 Å². The SMILES string of the molecule is O[C@H]1CO[C@H]2[C@@H]1OC[C@H]2OCc1c(-c2c(Cl)cccc2Cl)noc1C1CC1. The van der Waals surface area contributed by atoms with Crippen LogP contribution in [-0.4, -0.2) is 47.9 Å². The molecule has 3 heterocycles. The van der Waals surface area contributed by atoms with Gasteiger partial charge in [-0.15, -0.1) is 0 Å². The highest BCUT2D eigenvalue weighted by molar-refractivity contribution is 6.39. The van der Waals surface area contributed by atoms with Crippen molar-refractivity contribution in [2.24, 2.45) is 0 Å². The molecule has 8 heteroatoms. The molecule has 4 atom stereocenters. The lowest BCUT2D eigenvalue weighted by Crippen LogP contribution is -2.32. The number of fused-ring (bicyclic) bond motifs is 1. The molecule has 144 valence electrons. The largest absolute Gasteiger partial charge is 0.388 e. The first kappa shape index (κ1) is 17.9. The molecule has 1 aliphatic carbocycles. The lowest BCUT2D eigenvalue weighted by Gasteiger charge is -2.17. The third-order valence-electron chi connectivity index (χ3n) is 5.39. The van der Waals surface area contributed by atoms with Gasteiger partial charge in [-0.25, -0.2) is 0 Å². The van der Waals surface area contributed by atoms with Crippen molar-refractivity contribution < 1.29 is 23.8 Å². The summed E-state index contributed by atoms with van der Waals surface area (Å²) in [5, 5.41) is 15.2. The minimum Gasteiger partial charge on any atom is -0.388 e. The monoisotopic (exact) mass is 411 g/mol. The fraction of sp³-hybridized carbons (Fsp3) is 0.526. The zero-order valence-electron chi connectivity index (χ0n) is 14.4. The van der Waals surface area contributed by atoms with Gasteiger partial charge in [0.1, 0.15) is 35.9 Å². The first-order chi connectivity index (χ1) is 13.1. The number of aliphatic hydroxyl groups excluding tert-OH is 1. The van der Waals surface area contributed by atoms with Crippen LogP contribution >= 0.6 is 23.2 Å². The van der Waals surface area contributed by atoms with Crippen molar-refractivity contribution >= 4 is 23.2 Å². The average Bonchev–Trinajstić information content (AvgIpc) is 3.12. The molecule has 3 fully saturated rings. The van der Waals surface area contributed by atoms with E-state index >= 15 is 0 Å². The van der Waals surface area contributed by atoms with Gasteiger partial charge >= 0.3 is 0 Å². The van der Waals surface area contributed by atoms with E-state index < -0.39 is 6.10 Å². The molecular weight excluding hydrogens is 393 g/mol. The van der Waals surface area contributed by atoms with Crippen molar-refractivity contribution in [2.45, 2.75) is 49.8 Å². The second-order valence-electron chi connectivity index (χ2n) is 7.26. The highest BCUT2D eigenvalue weighted by Crippen LogP contribution is 2.46. The van der Waals surface area contributed by atoms with Gasteiger partial charge in [0, 0.05) is 17.0 Å². The summed E-state index contributed by atoms with van der Waals surface area (Å²) in [5.41, 5.74) is 2.15. The summed E-state index contributed by atoms with van der Waals surface area (Å²) in [6, 6.07) is 5.36. The van der Waals surface area contributed by atoms with Crippen molar-refractivity contribution in [3.05, 3.63) is 39.6 Å². The maximum absolute atomic E-state index is 9.89. The third-order valence-corrected chi connectivity index (χ3v) is 6.02. The minimum absolute atomic E-state index is 0.247. The number of aliphatic hydroxyl groups is 1. The van der Waals surface area contributed by atoms with Gasteiger partial charge in [-0.05, 0) is 25.0 Å². The summed E-state index contributed by atoms with van der Waals surface area (Å²) in [7, 11) is 0. The maximum atomic E-state index is 9.89. The van der Waals surface area contributed by atoms with Crippen LogP contribution in [0.4, 0.5) is 0 Å². The Hall–Kier alpha value is -1.15. The number of rotatable bonds is 5. The highest BCUT2D eigenvalue weighted by Gasteiger charge is 2.48. The predicted octanol–water partition coefficient (Wildman–Crippen LogP) is 3.57. The number of ether oxygens (including phenoxy) is 3. The molecule has 27 heavy (non-hydrogen) atoms. The fourth-order valence-corrected chi connectivity index (χ4v) is 4.40. The topological polar surface area (TPSA) is 74.0 Å². The van der Waals surface area contributed by atoms with Crippen LogP contribution < -0.4 is 0 Å². The Balaban J connectivity index is 1.43. The molecule has 5 rings (SSSR count). The molecule has 0 unspecified atom stereocenters. The van der Waals surface area contributed by atoms with Crippen LogP contribution in [0.25, 0.3) is 11.3 Å². The standard InChI is InChI=1S/C19H19Cl2NO5/c20-11-2-1-3-12(21)15(11)16-10(17(27-22-16)9-4-5-9)6-24-14-8-26-18-13(23)7-25-19(14)18/h1-3,9,13-14,18-19,23H,4-8H2/t13-,14+,18+,19+/m0/s1. The van der Waals surface area contributed by atoms with Crippen molar-refractivity contribution in [3.8, 4) is 11.3 Å². The van der Waals surface area contributed by atoms with Crippen molar-refractivity contribution in [1.29, 1.82) is 0 Å². The van der Waals surface area contributed by atoms with Gasteiger partial charge in [0.25, 0.3) is 0 Å². The first-order valence-electron chi connectivity index (χ1n) is 9.09. The summed E-state index contributed by atoms with van der Waals surface area (Å²) < 4.78 is 23.0. The Morgan fingerprint density at radius 3 is 2.59 bits per heavy atom. The molecule has 6 nitrogen and oxygen atoms in total. The van der Waals surface area contributed by atoms with Crippen LogP contribution in [-0.2, 0) is 20.8 Å². The van der Waals surface area contributed by atoms with Crippen LogP contribution in [0.1, 0.15) is 30.1 Å². The van der Waals surface area contributed by atoms with E-state index in [1.54, 1.807) is 18.2 Å². The Labute approximate surface area is 166 Å². The van der Waals surface area contributed by atoms with Gasteiger partial charge in [-0.3, -0.25) is 0 Å². The molecule has 2 aliphatic heterocycles. The number of nitrogens with zero attached hydrogens (tertiary/aromatic N) is 1. The van der Waals surface area contributed by atoms with Gasteiger partial charge in [0.05, 0.1) is 29.9 Å². The Bertz CT molecular complexity index is 832. The molecule has 1 N–H and O–H groups in total. The van der Waals surface area contributed by atoms with Crippen LogP contribution in [0.2, 0.25) is 10.0 Å². The molecule has 0 spiro atoms. The molecule has 1 aromatic heterocycles. The second kappa shape index (κ2) is 7.03. The van der Waals surface area contributed by atoms with E-state index in [2.05, 4.69) is 5.16 Å². The van der Waals surface area contributed by atoms with E-state index in [1.807, 2.05) is 0 Å². The lowest BCUT2D eigenvalue weighted by molar-refractivity contribution is -0.0441. The molecule has 2 aromatic rings. The van der Waals surface area contributed by atoms with Gasteiger partial charge in [-0.2, -0.15) is 0 Å². The lowest BCUT2D eigenvalue weighted by atomic mass is 10.0. The summed E-state index contributed by atoms with van der Waals surface area (Å²) in [6.07, 6.45) is 0.728. The van der Waals surface area contributed by atoms with Gasteiger partial charge < -0.3 is 23.8 Å². The van der Waals surface area contributed by atoms with Crippen LogP contribution in [0.15, 0.2) is 22.7 Å². The van der Waals surface area contributed by atoms with E-state index in [4.69, 9.17) is 41.9 Å². The smallest absolute Gasteiger partial charge is 0.145 e. The summed E-state index contributed by atoms with van der Waals surface area (Å²) in [6.45, 7) is 0.956. The van der Waals surface area contributed by atoms with E-state index in [1.165, 1.54) is 0 Å². The first-order valence-corrected chi connectivity index (χ1v) is 9.84. The quantitative estimate of drug-likeness (QED) is 0.810. The number of hydrogen-bond acceptors (Lipinski definition) is 6. The molecule has 0 radical (unpaired) electrons. The van der Waals surface area contributed by atoms with Crippen molar-refractivity contribution in [1.82, 2.24) is 5.16 Å². The zero-order valence-corrected chi connectivity index (χ0v) is 15.9. The average molecular weight is 412 g/mol. The van der Waals surface area contributed by atoms with E-state index in [0.717, 1.165) is 24.2 Å². The molecular formula is C19H19Cl2NO5. The molecule has 1 saturated carbocycles. The molecule has 1 aromatic carbocycles. The number of aromatic nitrogens is 1. The highest BCUT2D eigenvalue weighted by atomic mass is 35.5. The van der Waals surface area contributed by atoms with E-state index in [-0.39, 0.29) is 24.9 Å². The molecule has 2 saturated heterocycles. The third kappa shape index (κ3) is 3.18. The van der Waals surface area contributed by atoms with Crippen LogP contribution in [0.3, 0.4) is 0 Å². The predicted molar refractivity (Wildman–Crippen MR) is 98.0 cm³/mol. The molecule has 3 aliphatic rings. The van der Waals surface area contributed by atoms with Crippen molar-refractivity contribution in [3.63, 3.8) is 0 Å². The fourth-order valence-electron chi connectivity index (χ4n) is 3.83. The normalized spacial score (nSPS) is 30.0.